The number of hydrogen-bond donors (Lipinski definition) is 1. The molecule has 19 heavy (non-hydrogen) atoms. The molecular weight excluding hydrogens is 260 g/mol. The molecule has 0 spiro atoms. The molecule has 108 valence electrons. The zero-order valence-electron chi connectivity index (χ0n) is 12.2. The predicted octanol–water partition coefficient (Wildman–Crippen LogP) is 1.23. The van der Waals surface area contributed by atoms with E-state index in [-0.39, 0.29) is 11.8 Å². The molecule has 5 heteroatoms. The van der Waals surface area contributed by atoms with Gasteiger partial charge in [0.15, 0.2) is 0 Å². The fourth-order valence-corrected chi connectivity index (χ4v) is 2.62. The summed E-state index contributed by atoms with van der Waals surface area (Å²) in [4.78, 5) is 2.05. The van der Waals surface area contributed by atoms with E-state index in [9.17, 15) is 8.42 Å². The Morgan fingerprint density at radius 2 is 2.05 bits per heavy atom. The molecule has 1 atom stereocenters. The lowest BCUT2D eigenvalue weighted by Crippen LogP contribution is -2.34. The van der Waals surface area contributed by atoms with Crippen molar-refractivity contribution in [3.8, 4) is 0 Å². The van der Waals surface area contributed by atoms with Crippen LogP contribution in [0.2, 0.25) is 0 Å². The molecule has 1 aromatic carbocycles. The van der Waals surface area contributed by atoms with Crippen LogP contribution >= 0.6 is 0 Å². The second-order valence-corrected chi connectivity index (χ2v) is 7.41. The van der Waals surface area contributed by atoms with Gasteiger partial charge in [-0.05, 0) is 26.6 Å². The molecule has 0 heterocycles. The number of sulfone groups is 1. The predicted molar refractivity (Wildman–Crippen MR) is 80.2 cm³/mol. The maximum Gasteiger partial charge on any atom is 0.148 e. The van der Waals surface area contributed by atoms with E-state index in [1.807, 2.05) is 25.1 Å². The van der Waals surface area contributed by atoms with Crippen LogP contribution < -0.4 is 5.32 Å². The van der Waals surface area contributed by atoms with Gasteiger partial charge in [-0.1, -0.05) is 29.8 Å². The van der Waals surface area contributed by atoms with E-state index in [2.05, 4.69) is 30.4 Å². The number of nitrogens with zero attached hydrogens (tertiary/aromatic N) is 1. The molecule has 0 saturated carbocycles. The van der Waals surface area contributed by atoms with E-state index in [0.29, 0.717) is 6.54 Å². The van der Waals surface area contributed by atoms with Gasteiger partial charge in [0, 0.05) is 25.4 Å². The fourth-order valence-electron chi connectivity index (χ4n) is 1.97. The lowest BCUT2D eigenvalue weighted by molar-refractivity contribution is 0.311. The lowest BCUT2D eigenvalue weighted by Gasteiger charge is -2.24. The average molecular weight is 284 g/mol. The number of rotatable bonds is 7. The summed E-state index contributed by atoms with van der Waals surface area (Å²) in [6.07, 6.45) is 1.27. The Hall–Kier alpha value is -0.910. The van der Waals surface area contributed by atoms with Gasteiger partial charge in [0.1, 0.15) is 9.84 Å². The molecule has 0 aromatic heterocycles. The normalized spacial score (nSPS) is 13.7. The van der Waals surface area contributed by atoms with Crippen LogP contribution in [-0.2, 0) is 9.84 Å². The molecule has 4 nitrogen and oxygen atoms in total. The first kappa shape index (κ1) is 16.1. The smallest absolute Gasteiger partial charge is 0.148 e. The van der Waals surface area contributed by atoms with Crippen molar-refractivity contribution >= 4 is 9.84 Å². The minimum atomic E-state index is -2.90. The Balaban J connectivity index is 2.62. The van der Waals surface area contributed by atoms with Crippen molar-refractivity contribution in [2.24, 2.45) is 0 Å². The van der Waals surface area contributed by atoms with Crippen molar-refractivity contribution in [2.45, 2.75) is 13.0 Å². The van der Waals surface area contributed by atoms with Gasteiger partial charge in [0.2, 0.25) is 0 Å². The highest BCUT2D eigenvalue weighted by atomic mass is 32.2. The minimum Gasteiger partial charge on any atom is -0.312 e. The summed E-state index contributed by atoms with van der Waals surface area (Å²) >= 11 is 0. The van der Waals surface area contributed by atoms with E-state index in [1.165, 1.54) is 17.4 Å². The van der Waals surface area contributed by atoms with Crippen LogP contribution in [0.3, 0.4) is 0 Å². The first-order valence-electron chi connectivity index (χ1n) is 6.42. The van der Waals surface area contributed by atoms with Gasteiger partial charge >= 0.3 is 0 Å². The number of benzene rings is 1. The largest absolute Gasteiger partial charge is 0.312 e. The summed E-state index contributed by atoms with van der Waals surface area (Å²) in [6.45, 7) is 3.42. The molecule has 0 fully saturated rings. The van der Waals surface area contributed by atoms with E-state index < -0.39 is 9.84 Å². The fraction of sp³-hybridized carbons (Fsp3) is 0.571. The first-order chi connectivity index (χ1) is 8.81. The first-order valence-corrected chi connectivity index (χ1v) is 8.48. The number of likely N-dealkylation sites (N-methyl/N-ethyl adjacent to an activating group) is 2. The number of hydrogen-bond acceptors (Lipinski definition) is 4. The zero-order chi connectivity index (χ0) is 14.5. The van der Waals surface area contributed by atoms with Crippen LogP contribution in [0.4, 0.5) is 0 Å². The molecule has 1 N–H and O–H groups in total. The van der Waals surface area contributed by atoms with Crippen LogP contribution in [0, 0.1) is 6.92 Å². The number of nitrogens with one attached hydrogen (secondary N) is 1. The molecule has 0 bridgehead atoms. The summed E-state index contributed by atoms with van der Waals surface area (Å²) < 4.78 is 22.3. The SMILES string of the molecule is CNC(CN(C)CCS(C)(=O)=O)c1cccc(C)c1. The molecule has 1 aromatic rings. The highest BCUT2D eigenvalue weighted by Crippen LogP contribution is 2.15. The molecule has 0 radical (unpaired) electrons. The van der Waals surface area contributed by atoms with Gasteiger partial charge in [0.05, 0.1) is 5.75 Å². The van der Waals surface area contributed by atoms with Gasteiger partial charge < -0.3 is 10.2 Å². The second-order valence-electron chi connectivity index (χ2n) is 5.15. The minimum absolute atomic E-state index is 0.202. The summed E-state index contributed by atoms with van der Waals surface area (Å²) in [7, 11) is 0.983. The monoisotopic (exact) mass is 284 g/mol. The summed E-state index contributed by atoms with van der Waals surface area (Å²) in [5, 5.41) is 3.28. The van der Waals surface area contributed by atoms with Crippen LogP contribution in [0.5, 0.6) is 0 Å². The van der Waals surface area contributed by atoms with E-state index >= 15 is 0 Å². The molecule has 0 amide bonds. The molecular formula is C14H24N2O2S. The molecule has 0 saturated heterocycles. The topological polar surface area (TPSA) is 49.4 Å². The van der Waals surface area contributed by atoms with Gasteiger partial charge in [-0.15, -0.1) is 0 Å². The molecule has 0 aliphatic rings. The van der Waals surface area contributed by atoms with Gasteiger partial charge in [-0.3, -0.25) is 0 Å². The zero-order valence-corrected chi connectivity index (χ0v) is 13.0. The standard InChI is InChI=1S/C14H24N2O2S/c1-12-6-5-7-13(10-12)14(15-2)11-16(3)8-9-19(4,17)18/h5-7,10,14-15H,8-9,11H2,1-4H3. The van der Waals surface area contributed by atoms with Crippen LogP contribution in [0.25, 0.3) is 0 Å². The van der Waals surface area contributed by atoms with Crippen molar-refractivity contribution < 1.29 is 8.42 Å². The Kier molecular flexibility index (Phi) is 5.97. The Morgan fingerprint density at radius 3 is 2.58 bits per heavy atom. The Labute approximate surface area is 116 Å². The van der Waals surface area contributed by atoms with E-state index in [4.69, 9.17) is 0 Å². The van der Waals surface area contributed by atoms with Crippen molar-refractivity contribution in [1.29, 1.82) is 0 Å². The quantitative estimate of drug-likeness (QED) is 0.818. The third-order valence-electron chi connectivity index (χ3n) is 3.13. The van der Waals surface area contributed by atoms with Crippen molar-refractivity contribution in [2.75, 3.05) is 39.2 Å². The maximum absolute atomic E-state index is 11.2. The van der Waals surface area contributed by atoms with Gasteiger partial charge in [-0.25, -0.2) is 8.42 Å². The van der Waals surface area contributed by atoms with Crippen LogP contribution in [-0.4, -0.2) is 52.5 Å². The Morgan fingerprint density at radius 1 is 1.37 bits per heavy atom. The second kappa shape index (κ2) is 7.03. The van der Waals surface area contributed by atoms with Crippen molar-refractivity contribution in [3.63, 3.8) is 0 Å². The maximum atomic E-state index is 11.2. The van der Waals surface area contributed by atoms with Crippen molar-refractivity contribution in [3.05, 3.63) is 35.4 Å². The lowest BCUT2D eigenvalue weighted by atomic mass is 10.0. The van der Waals surface area contributed by atoms with Crippen LogP contribution in [0.15, 0.2) is 24.3 Å². The van der Waals surface area contributed by atoms with Crippen molar-refractivity contribution in [1.82, 2.24) is 10.2 Å². The average Bonchev–Trinajstić information content (AvgIpc) is 2.32. The number of aryl methyl sites for hydroxylation is 1. The summed E-state index contributed by atoms with van der Waals surface area (Å²) in [5.41, 5.74) is 2.46. The molecule has 0 aliphatic carbocycles. The van der Waals surface area contributed by atoms with Gasteiger partial charge in [-0.2, -0.15) is 0 Å². The highest BCUT2D eigenvalue weighted by Gasteiger charge is 2.13. The molecule has 1 unspecified atom stereocenters. The van der Waals surface area contributed by atoms with E-state index in [1.54, 1.807) is 0 Å². The van der Waals surface area contributed by atoms with Gasteiger partial charge in [0.25, 0.3) is 0 Å². The summed E-state index contributed by atoms with van der Waals surface area (Å²) in [5.74, 6) is 0.202. The molecule has 1 rings (SSSR count). The third kappa shape index (κ3) is 6.18. The third-order valence-corrected chi connectivity index (χ3v) is 4.06. The highest BCUT2D eigenvalue weighted by molar-refractivity contribution is 7.90. The summed E-state index contributed by atoms with van der Waals surface area (Å²) in [6, 6.07) is 8.59. The Bertz CT molecular complexity index is 500. The molecule has 0 aliphatic heterocycles. The van der Waals surface area contributed by atoms with Crippen LogP contribution in [0.1, 0.15) is 17.2 Å². The van der Waals surface area contributed by atoms with E-state index in [0.717, 1.165) is 6.54 Å².